The molecule has 188 valence electrons. The molecule has 1 aliphatic carbocycles. The lowest BCUT2D eigenvalue weighted by Crippen LogP contribution is -2.38. The number of rotatable bonds is 8. The van der Waals surface area contributed by atoms with Crippen LogP contribution in [0.4, 0.5) is 5.13 Å². The van der Waals surface area contributed by atoms with Gasteiger partial charge in [-0.05, 0) is 63.3 Å². The third-order valence-electron chi connectivity index (χ3n) is 6.47. The molecular weight excluding hydrogens is 504 g/mol. The van der Waals surface area contributed by atoms with Crippen molar-refractivity contribution in [1.82, 2.24) is 14.2 Å². The Morgan fingerprint density at radius 2 is 1.71 bits per heavy atom. The molecule has 0 bridgehead atoms. The van der Waals surface area contributed by atoms with Crippen molar-refractivity contribution in [2.75, 3.05) is 39.1 Å². The molecule has 1 heterocycles. The molecule has 4 rings (SSSR count). The molecule has 0 aliphatic heterocycles. The van der Waals surface area contributed by atoms with Crippen molar-refractivity contribution in [1.29, 1.82) is 0 Å². The SMILES string of the molecule is CN(C)CCN(C(=O)c1ccc(S(=O)(=O)N(C)C2CCCCC2)cc1)c1nc2c(Cl)cccc2s1. The average Bonchev–Trinajstić information content (AvgIpc) is 3.29. The molecule has 0 unspecified atom stereocenters. The van der Waals surface area contributed by atoms with Gasteiger partial charge in [-0.15, -0.1) is 0 Å². The lowest BCUT2D eigenvalue weighted by Gasteiger charge is -2.30. The van der Waals surface area contributed by atoms with Gasteiger partial charge in [0.25, 0.3) is 5.91 Å². The van der Waals surface area contributed by atoms with Gasteiger partial charge in [0.1, 0.15) is 5.52 Å². The fourth-order valence-electron chi connectivity index (χ4n) is 4.34. The predicted octanol–water partition coefficient (Wildman–Crippen LogP) is 5.11. The van der Waals surface area contributed by atoms with Crippen LogP contribution < -0.4 is 4.90 Å². The largest absolute Gasteiger partial charge is 0.308 e. The Morgan fingerprint density at radius 1 is 1.03 bits per heavy atom. The number of hydrogen-bond acceptors (Lipinski definition) is 6. The van der Waals surface area contributed by atoms with Gasteiger partial charge < -0.3 is 4.90 Å². The summed E-state index contributed by atoms with van der Waals surface area (Å²) < 4.78 is 28.8. The first kappa shape index (κ1) is 26.0. The van der Waals surface area contributed by atoms with Crippen molar-refractivity contribution in [3.63, 3.8) is 0 Å². The van der Waals surface area contributed by atoms with Crippen molar-refractivity contribution >= 4 is 54.2 Å². The number of carbonyl (C=O) groups is 1. The zero-order valence-electron chi connectivity index (χ0n) is 20.3. The van der Waals surface area contributed by atoms with E-state index in [0.29, 0.717) is 34.3 Å². The molecule has 1 amide bonds. The van der Waals surface area contributed by atoms with Crippen LogP contribution in [0.2, 0.25) is 5.02 Å². The average molecular weight is 535 g/mol. The van der Waals surface area contributed by atoms with Gasteiger partial charge in [0, 0.05) is 31.7 Å². The lowest BCUT2D eigenvalue weighted by molar-refractivity contribution is 0.0985. The van der Waals surface area contributed by atoms with E-state index in [2.05, 4.69) is 4.98 Å². The number of thiazole rings is 1. The highest BCUT2D eigenvalue weighted by atomic mass is 35.5. The zero-order chi connectivity index (χ0) is 25.2. The van der Waals surface area contributed by atoms with Gasteiger partial charge in [-0.1, -0.05) is 48.3 Å². The van der Waals surface area contributed by atoms with Crippen LogP contribution in [0, 0.1) is 0 Å². The summed E-state index contributed by atoms with van der Waals surface area (Å²) in [5, 5.41) is 1.11. The molecule has 1 aliphatic rings. The van der Waals surface area contributed by atoms with Gasteiger partial charge in [-0.25, -0.2) is 13.4 Å². The zero-order valence-corrected chi connectivity index (χ0v) is 22.7. The number of aromatic nitrogens is 1. The van der Waals surface area contributed by atoms with Gasteiger partial charge in [-0.2, -0.15) is 4.31 Å². The molecule has 3 aromatic rings. The number of carbonyl (C=O) groups excluding carboxylic acids is 1. The van der Waals surface area contributed by atoms with Crippen molar-refractivity contribution in [2.24, 2.45) is 0 Å². The molecule has 7 nitrogen and oxygen atoms in total. The number of para-hydroxylation sites is 1. The Labute approximate surface area is 216 Å². The van der Waals surface area contributed by atoms with E-state index >= 15 is 0 Å². The Kier molecular flexibility index (Phi) is 8.12. The molecule has 10 heteroatoms. The summed E-state index contributed by atoms with van der Waals surface area (Å²) in [5.74, 6) is -0.230. The quantitative estimate of drug-likeness (QED) is 0.401. The Hall–Kier alpha value is -2.04. The van der Waals surface area contributed by atoms with Crippen LogP contribution >= 0.6 is 22.9 Å². The Morgan fingerprint density at radius 3 is 2.34 bits per heavy atom. The minimum absolute atomic E-state index is 0.0300. The van der Waals surface area contributed by atoms with Crippen LogP contribution in [0.1, 0.15) is 42.5 Å². The van der Waals surface area contributed by atoms with Gasteiger partial charge in [-0.3, -0.25) is 9.69 Å². The van der Waals surface area contributed by atoms with Crippen LogP contribution in [0.5, 0.6) is 0 Å². The molecule has 0 saturated heterocycles. The van der Waals surface area contributed by atoms with Crippen molar-refractivity contribution in [2.45, 2.75) is 43.0 Å². The van der Waals surface area contributed by atoms with Crippen molar-refractivity contribution < 1.29 is 13.2 Å². The maximum absolute atomic E-state index is 13.5. The topological polar surface area (TPSA) is 73.8 Å². The second-order valence-electron chi connectivity index (χ2n) is 9.18. The number of hydrogen-bond donors (Lipinski definition) is 0. The third-order valence-corrected chi connectivity index (χ3v) is 9.75. The summed E-state index contributed by atoms with van der Waals surface area (Å²) in [7, 11) is 1.93. The molecule has 0 spiro atoms. The summed E-state index contributed by atoms with van der Waals surface area (Å²) >= 11 is 7.72. The van der Waals surface area contributed by atoms with Crippen LogP contribution in [-0.4, -0.2) is 68.8 Å². The molecule has 0 atom stereocenters. The van der Waals surface area contributed by atoms with Crippen molar-refractivity contribution in [3.8, 4) is 0 Å². The standard InChI is InChI=1S/C25H31ClN4O3S2/c1-28(2)16-17-30(25-27-23-21(26)10-7-11-22(23)34-25)24(31)18-12-14-20(15-13-18)35(32,33)29(3)19-8-5-4-6-9-19/h7,10-15,19H,4-6,8-9,16-17H2,1-3H3. The fraction of sp³-hybridized carbons (Fsp3) is 0.440. The predicted molar refractivity (Wildman–Crippen MR) is 143 cm³/mol. The number of benzene rings is 2. The maximum Gasteiger partial charge on any atom is 0.260 e. The van der Waals surface area contributed by atoms with E-state index < -0.39 is 10.0 Å². The van der Waals surface area contributed by atoms with E-state index in [1.165, 1.54) is 27.8 Å². The number of nitrogens with zero attached hydrogens (tertiary/aromatic N) is 4. The Balaban J connectivity index is 1.60. The highest BCUT2D eigenvalue weighted by molar-refractivity contribution is 7.89. The normalized spacial score (nSPS) is 15.3. The first-order valence-corrected chi connectivity index (χ1v) is 14.4. The molecule has 0 radical (unpaired) electrons. The summed E-state index contributed by atoms with van der Waals surface area (Å²) in [6.07, 6.45) is 5.04. The second-order valence-corrected chi connectivity index (χ2v) is 12.6. The number of fused-ring (bicyclic) bond motifs is 1. The summed E-state index contributed by atoms with van der Waals surface area (Å²) in [4.78, 5) is 22.0. The molecular formula is C25H31ClN4O3S2. The van der Waals surface area contributed by atoms with E-state index in [-0.39, 0.29) is 16.8 Å². The van der Waals surface area contributed by atoms with Gasteiger partial charge >= 0.3 is 0 Å². The molecule has 1 saturated carbocycles. The van der Waals surface area contributed by atoms with E-state index in [4.69, 9.17) is 11.6 Å². The first-order chi connectivity index (χ1) is 16.7. The van der Waals surface area contributed by atoms with Gasteiger partial charge in [0.05, 0.1) is 14.6 Å². The maximum atomic E-state index is 13.5. The minimum Gasteiger partial charge on any atom is -0.308 e. The smallest absolute Gasteiger partial charge is 0.260 e. The summed E-state index contributed by atoms with van der Waals surface area (Å²) in [6.45, 7) is 1.09. The number of halogens is 1. The highest BCUT2D eigenvalue weighted by Gasteiger charge is 2.29. The Bertz CT molecular complexity index is 1290. The van der Waals surface area contributed by atoms with Gasteiger partial charge in [0.15, 0.2) is 5.13 Å². The number of anilines is 1. The van der Waals surface area contributed by atoms with Gasteiger partial charge in [0.2, 0.25) is 10.0 Å². The van der Waals surface area contributed by atoms with Crippen LogP contribution in [-0.2, 0) is 10.0 Å². The number of amides is 1. The number of sulfonamides is 1. The van der Waals surface area contributed by atoms with E-state index in [1.54, 1.807) is 30.1 Å². The molecule has 1 fully saturated rings. The minimum atomic E-state index is -3.62. The molecule has 0 N–H and O–H groups in total. The summed E-state index contributed by atoms with van der Waals surface area (Å²) in [5.41, 5.74) is 1.08. The van der Waals surface area contributed by atoms with E-state index in [0.717, 1.165) is 36.8 Å². The van der Waals surface area contributed by atoms with Crippen LogP contribution in [0.15, 0.2) is 47.4 Å². The lowest BCUT2D eigenvalue weighted by atomic mass is 9.96. The van der Waals surface area contributed by atoms with E-state index in [1.807, 2.05) is 31.1 Å². The van der Waals surface area contributed by atoms with Crippen molar-refractivity contribution in [3.05, 3.63) is 53.1 Å². The molecule has 1 aromatic heterocycles. The monoisotopic (exact) mass is 534 g/mol. The molecule has 2 aromatic carbocycles. The number of likely N-dealkylation sites (N-methyl/N-ethyl adjacent to an activating group) is 1. The second kappa shape index (κ2) is 10.9. The molecule has 35 heavy (non-hydrogen) atoms. The van der Waals surface area contributed by atoms with Crippen LogP contribution in [0.25, 0.3) is 10.2 Å². The first-order valence-electron chi connectivity index (χ1n) is 11.8. The fourth-order valence-corrected chi connectivity index (χ4v) is 7.04. The third kappa shape index (κ3) is 5.70. The highest BCUT2D eigenvalue weighted by Crippen LogP contribution is 2.33. The summed E-state index contributed by atoms with van der Waals surface area (Å²) in [6, 6.07) is 11.8. The van der Waals surface area contributed by atoms with E-state index in [9.17, 15) is 13.2 Å². The van der Waals surface area contributed by atoms with Crippen LogP contribution in [0.3, 0.4) is 0 Å².